The summed E-state index contributed by atoms with van der Waals surface area (Å²) in [7, 11) is 0. The van der Waals surface area contributed by atoms with Crippen molar-refractivity contribution in [3.8, 4) is 22.3 Å². The standard InChI is InChI=1S/C43H28N2O/c1-2-11-32(12-3-1)45(34-24-20-30(21-25-34)40-27-44-28-41-38-16-8-9-17-42(38)46-43(40)41)33-22-18-29(19-23-33)39-26-31-10-4-5-13-35(31)36-14-6-7-15-37(36)39/h1-28H. The van der Waals surface area contributed by atoms with Gasteiger partial charge in [0.25, 0.3) is 0 Å². The van der Waals surface area contributed by atoms with Crippen LogP contribution in [-0.2, 0) is 0 Å². The highest BCUT2D eigenvalue weighted by Gasteiger charge is 2.16. The first kappa shape index (κ1) is 26.2. The van der Waals surface area contributed by atoms with E-state index in [1.807, 2.05) is 30.6 Å². The van der Waals surface area contributed by atoms with Crippen LogP contribution in [0.3, 0.4) is 0 Å². The molecule has 216 valence electrons. The lowest BCUT2D eigenvalue weighted by Crippen LogP contribution is -2.09. The fraction of sp³-hybridized carbons (Fsp3) is 0. The molecule has 0 N–H and O–H groups in total. The monoisotopic (exact) mass is 588 g/mol. The van der Waals surface area contributed by atoms with Gasteiger partial charge in [-0.2, -0.15) is 0 Å². The SMILES string of the molecule is c1ccc(N(c2ccc(-c3cc4ccccc4c4ccccc34)cc2)c2ccc(-c3cncc4c3oc3ccccc34)cc2)cc1. The molecule has 0 spiro atoms. The van der Waals surface area contributed by atoms with Gasteiger partial charge in [0, 0.05) is 45.8 Å². The van der Waals surface area contributed by atoms with Gasteiger partial charge in [-0.15, -0.1) is 0 Å². The third-order valence-corrected chi connectivity index (χ3v) is 8.94. The average molecular weight is 589 g/mol. The Hall–Kier alpha value is -6.19. The second-order valence-electron chi connectivity index (χ2n) is 11.6. The van der Waals surface area contributed by atoms with Gasteiger partial charge in [-0.1, -0.05) is 109 Å². The maximum absolute atomic E-state index is 6.30. The van der Waals surface area contributed by atoms with E-state index in [4.69, 9.17) is 4.42 Å². The van der Waals surface area contributed by atoms with Crippen molar-refractivity contribution in [2.24, 2.45) is 0 Å². The number of nitrogens with zero attached hydrogens (tertiary/aromatic N) is 2. The molecule has 3 nitrogen and oxygen atoms in total. The van der Waals surface area contributed by atoms with Gasteiger partial charge in [0.1, 0.15) is 11.2 Å². The van der Waals surface area contributed by atoms with Crippen LogP contribution in [0.5, 0.6) is 0 Å². The first-order valence-electron chi connectivity index (χ1n) is 15.5. The number of pyridine rings is 1. The second-order valence-corrected chi connectivity index (χ2v) is 11.6. The quantitative estimate of drug-likeness (QED) is 0.187. The molecule has 0 atom stereocenters. The number of anilines is 3. The van der Waals surface area contributed by atoms with Crippen molar-refractivity contribution >= 4 is 60.5 Å². The van der Waals surface area contributed by atoms with E-state index in [1.165, 1.54) is 32.7 Å². The van der Waals surface area contributed by atoms with Crippen LogP contribution in [0.1, 0.15) is 0 Å². The molecule has 0 aliphatic rings. The van der Waals surface area contributed by atoms with Gasteiger partial charge in [-0.05, 0) is 86.8 Å². The molecule has 0 aliphatic carbocycles. The highest BCUT2D eigenvalue weighted by molar-refractivity contribution is 6.14. The minimum atomic E-state index is 0.862. The van der Waals surface area contributed by atoms with Crippen LogP contribution >= 0.6 is 0 Å². The lowest BCUT2D eigenvalue weighted by Gasteiger charge is -2.26. The summed E-state index contributed by atoms with van der Waals surface area (Å²) < 4.78 is 6.30. The maximum Gasteiger partial charge on any atom is 0.146 e. The zero-order chi connectivity index (χ0) is 30.5. The second kappa shape index (κ2) is 10.8. The smallest absolute Gasteiger partial charge is 0.146 e. The first-order valence-corrected chi connectivity index (χ1v) is 15.5. The van der Waals surface area contributed by atoms with E-state index in [-0.39, 0.29) is 0 Å². The van der Waals surface area contributed by atoms with Crippen molar-refractivity contribution in [3.05, 3.63) is 170 Å². The highest BCUT2D eigenvalue weighted by atomic mass is 16.3. The van der Waals surface area contributed by atoms with Crippen LogP contribution in [0.2, 0.25) is 0 Å². The summed E-state index contributed by atoms with van der Waals surface area (Å²) in [4.78, 5) is 6.86. The topological polar surface area (TPSA) is 29.3 Å². The number of hydrogen-bond acceptors (Lipinski definition) is 3. The maximum atomic E-state index is 6.30. The minimum absolute atomic E-state index is 0.862. The summed E-state index contributed by atoms with van der Waals surface area (Å²) in [6.07, 6.45) is 3.78. The Morgan fingerprint density at radius 3 is 1.72 bits per heavy atom. The van der Waals surface area contributed by atoms with E-state index in [9.17, 15) is 0 Å². The van der Waals surface area contributed by atoms with Crippen LogP contribution in [0.4, 0.5) is 17.1 Å². The van der Waals surface area contributed by atoms with Crippen molar-refractivity contribution in [2.45, 2.75) is 0 Å². The molecule has 7 aromatic carbocycles. The molecular weight excluding hydrogens is 560 g/mol. The van der Waals surface area contributed by atoms with Gasteiger partial charge in [0.15, 0.2) is 0 Å². The first-order chi connectivity index (χ1) is 22.8. The van der Waals surface area contributed by atoms with E-state index in [0.29, 0.717) is 0 Å². The van der Waals surface area contributed by atoms with Gasteiger partial charge in [0.2, 0.25) is 0 Å². The summed E-state index contributed by atoms with van der Waals surface area (Å²) in [5.41, 5.74) is 9.48. The van der Waals surface area contributed by atoms with Crippen LogP contribution in [0.25, 0.3) is 65.7 Å². The molecule has 0 radical (unpaired) electrons. The molecule has 0 bridgehead atoms. The molecule has 9 rings (SSSR count). The van der Waals surface area contributed by atoms with Gasteiger partial charge in [-0.25, -0.2) is 0 Å². The Balaban J connectivity index is 1.12. The van der Waals surface area contributed by atoms with Crippen molar-refractivity contribution in [1.82, 2.24) is 4.98 Å². The van der Waals surface area contributed by atoms with Crippen molar-refractivity contribution < 1.29 is 4.42 Å². The fourth-order valence-corrected chi connectivity index (χ4v) is 6.74. The number of benzene rings is 7. The fourth-order valence-electron chi connectivity index (χ4n) is 6.74. The summed E-state index contributed by atoms with van der Waals surface area (Å²) in [5.74, 6) is 0. The number of rotatable bonds is 5. The molecule has 0 unspecified atom stereocenters. The normalized spacial score (nSPS) is 11.5. The van der Waals surface area contributed by atoms with E-state index < -0.39 is 0 Å². The van der Waals surface area contributed by atoms with Crippen molar-refractivity contribution in [2.75, 3.05) is 4.90 Å². The van der Waals surface area contributed by atoms with Crippen LogP contribution in [-0.4, -0.2) is 4.98 Å². The van der Waals surface area contributed by atoms with Gasteiger partial charge in [0.05, 0.1) is 0 Å². The lowest BCUT2D eigenvalue weighted by atomic mass is 9.93. The lowest BCUT2D eigenvalue weighted by molar-refractivity contribution is 0.669. The van der Waals surface area contributed by atoms with E-state index in [0.717, 1.165) is 50.1 Å². The zero-order valence-electron chi connectivity index (χ0n) is 25.0. The number of fused-ring (bicyclic) bond motifs is 6. The van der Waals surface area contributed by atoms with Gasteiger partial charge < -0.3 is 9.32 Å². The van der Waals surface area contributed by atoms with Crippen molar-refractivity contribution in [3.63, 3.8) is 0 Å². The molecule has 0 amide bonds. The largest absolute Gasteiger partial charge is 0.455 e. The molecule has 3 heteroatoms. The predicted molar refractivity (Wildman–Crippen MR) is 192 cm³/mol. The Kier molecular flexibility index (Phi) is 6.14. The average Bonchev–Trinajstić information content (AvgIpc) is 3.52. The Morgan fingerprint density at radius 2 is 0.978 bits per heavy atom. The summed E-state index contributed by atoms with van der Waals surface area (Å²) in [6.45, 7) is 0. The molecule has 0 saturated heterocycles. The number of aromatic nitrogens is 1. The highest BCUT2D eigenvalue weighted by Crippen LogP contribution is 2.40. The third kappa shape index (κ3) is 4.33. The van der Waals surface area contributed by atoms with E-state index in [2.05, 4.69) is 149 Å². The summed E-state index contributed by atoms with van der Waals surface area (Å²) in [5, 5.41) is 7.18. The molecule has 9 aromatic rings. The minimum Gasteiger partial charge on any atom is -0.455 e. The van der Waals surface area contributed by atoms with Crippen LogP contribution in [0.15, 0.2) is 175 Å². The summed E-state index contributed by atoms with van der Waals surface area (Å²) >= 11 is 0. The predicted octanol–water partition coefficient (Wildman–Crippen LogP) is 12.1. The molecular formula is C43H28N2O. The van der Waals surface area contributed by atoms with Crippen LogP contribution < -0.4 is 4.90 Å². The van der Waals surface area contributed by atoms with E-state index in [1.54, 1.807) is 0 Å². The number of hydrogen-bond donors (Lipinski definition) is 0. The van der Waals surface area contributed by atoms with E-state index >= 15 is 0 Å². The molecule has 0 fully saturated rings. The molecule has 0 aliphatic heterocycles. The zero-order valence-corrected chi connectivity index (χ0v) is 25.0. The molecule has 0 saturated carbocycles. The van der Waals surface area contributed by atoms with Gasteiger partial charge >= 0.3 is 0 Å². The Morgan fingerprint density at radius 1 is 0.413 bits per heavy atom. The van der Waals surface area contributed by atoms with Crippen molar-refractivity contribution in [1.29, 1.82) is 0 Å². The Bertz CT molecular complexity index is 2510. The number of para-hydroxylation sites is 2. The summed E-state index contributed by atoms with van der Waals surface area (Å²) in [6, 6.07) is 55.9. The van der Waals surface area contributed by atoms with Crippen LogP contribution in [0, 0.1) is 0 Å². The Labute approximate surface area is 266 Å². The molecule has 2 aromatic heterocycles. The molecule has 2 heterocycles. The third-order valence-electron chi connectivity index (χ3n) is 8.94. The van der Waals surface area contributed by atoms with Gasteiger partial charge in [-0.3, -0.25) is 4.98 Å². The number of furan rings is 1. The molecule has 46 heavy (non-hydrogen) atoms.